The molecular weight excluding hydrogens is 354 g/mol. The van der Waals surface area contributed by atoms with E-state index in [1.807, 2.05) is 6.07 Å². The summed E-state index contributed by atoms with van der Waals surface area (Å²) in [5.74, 6) is -0.501. The number of carbonyl (C=O) groups excluding carboxylic acids is 2. The molecule has 3 rings (SSSR count). The summed E-state index contributed by atoms with van der Waals surface area (Å²) in [6, 6.07) is 7.21. The number of aliphatic hydroxyl groups excluding tert-OH is 1. The molecule has 0 spiro atoms. The Labute approximate surface area is 157 Å². The number of amides is 2. The molecule has 1 atom stereocenters. The quantitative estimate of drug-likeness (QED) is 0.723. The van der Waals surface area contributed by atoms with Crippen molar-refractivity contribution >= 4 is 34.3 Å². The molecule has 1 heterocycles. The number of hydrogen-bond donors (Lipinski definition) is 3. The Kier molecular flexibility index (Phi) is 5.84. The van der Waals surface area contributed by atoms with Gasteiger partial charge in [0.25, 0.3) is 5.91 Å². The van der Waals surface area contributed by atoms with Crippen molar-refractivity contribution in [2.24, 2.45) is 0 Å². The fraction of sp³-hybridized carbons (Fsp3) is 0.474. The third kappa shape index (κ3) is 4.37. The number of aliphatic hydroxyl groups is 1. The minimum atomic E-state index is -0.589. The van der Waals surface area contributed by atoms with Crippen LogP contribution in [0.4, 0.5) is 0 Å². The minimum absolute atomic E-state index is 0.0851. The van der Waals surface area contributed by atoms with E-state index in [4.69, 9.17) is 11.6 Å². The van der Waals surface area contributed by atoms with Gasteiger partial charge in [-0.15, -0.1) is 0 Å². The maximum atomic E-state index is 12.6. The van der Waals surface area contributed by atoms with E-state index in [1.165, 1.54) is 0 Å². The summed E-state index contributed by atoms with van der Waals surface area (Å²) in [5.41, 5.74) is 1.20. The summed E-state index contributed by atoms with van der Waals surface area (Å²) in [7, 11) is 0. The van der Waals surface area contributed by atoms with Crippen LogP contribution in [-0.4, -0.2) is 52.0 Å². The highest BCUT2D eigenvalue weighted by atomic mass is 35.5. The van der Waals surface area contributed by atoms with Gasteiger partial charge in [0.1, 0.15) is 5.69 Å². The van der Waals surface area contributed by atoms with E-state index in [2.05, 4.69) is 10.3 Å². The van der Waals surface area contributed by atoms with Gasteiger partial charge in [0.2, 0.25) is 5.91 Å². The van der Waals surface area contributed by atoms with Crippen LogP contribution in [-0.2, 0) is 4.79 Å². The number of hydrogen-bond acceptors (Lipinski definition) is 3. The zero-order chi connectivity index (χ0) is 18.7. The lowest BCUT2D eigenvalue weighted by molar-refractivity contribution is -0.133. The van der Waals surface area contributed by atoms with Crippen molar-refractivity contribution in [3.63, 3.8) is 0 Å². The second-order valence-corrected chi connectivity index (χ2v) is 7.37. The number of nitrogens with zero attached hydrogens (tertiary/aromatic N) is 1. The molecule has 6 nitrogen and oxygen atoms in total. The van der Waals surface area contributed by atoms with Gasteiger partial charge in [-0.3, -0.25) is 9.59 Å². The number of aromatic amines is 1. The maximum absolute atomic E-state index is 12.6. The largest absolute Gasteiger partial charge is 0.392 e. The molecule has 3 N–H and O–H groups in total. The molecule has 26 heavy (non-hydrogen) atoms. The Morgan fingerprint density at radius 2 is 2.08 bits per heavy atom. The van der Waals surface area contributed by atoms with Crippen molar-refractivity contribution in [2.75, 3.05) is 13.1 Å². The molecule has 0 bridgehead atoms. The average Bonchev–Trinajstić information content (AvgIpc) is 3.26. The molecule has 140 valence electrons. The summed E-state index contributed by atoms with van der Waals surface area (Å²) < 4.78 is 0. The lowest BCUT2D eigenvalue weighted by Crippen LogP contribution is -2.47. The number of carbonyl (C=O) groups is 2. The molecule has 1 aromatic heterocycles. The smallest absolute Gasteiger partial charge is 0.268 e. The van der Waals surface area contributed by atoms with E-state index >= 15 is 0 Å². The fourth-order valence-corrected chi connectivity index (χ4v) is 3.71. The third-order valence-electron chi connectivity index (χ3n) is 4.77. The molecule has 1 saturated carbocycles. The molecular formula is C19H24ClN3O3. The Balaban J connectivity index is 1.63. The zero-order valence-corrected chi connectivity index (χ0v) is 15.6. The SMILES string of the molecule is CC(O)CN(C(=O)CNC(=O)c1cc2cc(Cl)ccc2[nH]1)C1CCCC1. The highest BCUT2D eigenvalue weighted by molar-refractivity contribution is 6.31. The van der Waals surface area contributed by atoms with Gasteiger partial charge in [0.05, 0.1) is 12.6 Å². The van der Waals surface area contributed by atoms with Crippen LogP contribution in [0.25, 0.3) is 10.9 Å². The molecule has 2 amide bonds. The van der Waals surface area contributed by atoms with Crippen LogP contribution in [0.2, 0.25) is 5.02 Å². The molecule has 0 radical (unpaired) electrons. The summed E-state index contributed by atoms with van der Waals surface area (Å²) in [4.78, 5) is 29.7. The lowest BCUT2D eigenvalue weighted by atomic mass is 10.2. The first kappa shape index (κ1) is 18.7. The molecule has 1 aromatic carbocycles. The Bertz CT molecular complexity index is 796. The van der Waals surface area contributed by atoms with Crippen molar-refractivity contribution in [1.82, 2.24) is 15.2 Å². The van der Waals surface area contributed by atoms with Crippen molar-refractivity contribution in [3.05, 3.63) is 35.0 Å². The molecule has 0 aliphatic heterocycles. The molecule has 1 aliphatic carbocycles. The van der Waals surface area contributed by atoms with E-state index < -0.39 is 6.10 Å². The topological polar surface area (TPSA) is 85.4 Å². The summed E-state index contributed by atoms with van der Waals surface area (Å²) in [6.07, 6.45) is 3.51. The van der Waals surface area contributed by atoms with Gasteiger partial charge in [-0.05, 0) is 44.0 Å². The van der Waals surface area contributed by atoms with E-state index in [0.717, 1.165) is 36.6 Å². The number of benzene rings is 1. The Hall–Kier alpha value is -2.05. The van der Waals surface area contributed by atoms with Crippen LogP contribution in [0.15, 0.2) is 24.3 Å². The standard InChI is InChI=1S/C19H24ClN3O3/c1-12(24)11-23(15-4-2-3-5-15)18(25)10-21-19(26)17-9-13-8-14(20)6-7-16(13)22-17/h6-9,12,15,22,24H,2-5,10-11H2,1H3,(H,21,26). The van der Waals surface area contributed by atoms with Crippen LogP contribution in [0, 0.1) is 0 Å². The minimum Gasteiger partial charge on any atom is -0.392 e. The van der Waals surface area contributed by atoms with Crippen molar-refractivity contribution < 1.29 is 14.7 Å². The van der Waals surface area contributed by atoms with Gasteiger partial charge < -0.3 is 20.3 Å². The van der Waals surface area contributed by atoms with Gasteiger partial charge in [0, 0.05) is 28.5 Å². The summed E-state index contributed by atoms with van der Waals surface area (Å²) in [6.45, 7) is 1.88. The first-order chi connectivity index (χ1) is 12.4. The van der Waals surface area contributed by atoms with Crippen molar-refractivity contribution in [1.29, 1.82) is 0 Å². The third-order valence-corrected chi connectivity index (χ3v) is 5.01. The molecule has 2 aromatic rings. The normalized spacial score (nSPS) is 16.0. The van der Waals surface area contributed by atoms with Gasteiger partial charge in [-0.1, -0.05) is 24.4 Å². The molecule has 7 heteroatoms. The number of fused-ring (bicyclic) bond motifs is 1. The number of H-pyrrole nitrogens is 1. The molecule has 1 fully saturated rings. The van der Waals surface area contributed by atoms with E-state index in [0.29, 0.717) is 17.3 Å². The van der Waals surface area contributed by atoms with Gasteiger partial charge in [-0.25, -0.2) is 0 Å². The van der Waals surface area contributed by atoms with Crippen molar-refractivity contribution in [2.45, 2.75) is 44.8 Å². The maximum Gasteiger partial charge on any atom is 0.268 e. The fourth-order valence-electron chi connectivity index (χ4n) is 3.53. The molecule has 1 unspecified atom stereocenters. The summed E-state index contributed by atoms with van der Waals surface area (Å²) >= 11 is 5.96. The highest BCUT2D eigenvalue weighted by Gasteiger charge is 2.27. The van der Waals surface area contributed by atoms with E-state index in [-0.39, 0.29) is 24.4 Å². The number of rotatable bonds is 6. The second kappa shape index (κ2) is 8.10. The van der Waals surface area contributed by atoms with Gasteiger partial charge >= 0.3 is 0 Å². The van der Waals surface area contributed by atoms with Gasteiger partial charge in [-0.2, -0.15) is 0 Å². The summed E-state index contributed by atoms with van der Waals surface area (Å²) in [5, 5.41) is 13.8. The Morgan fingerprint density at radius 3 is 2.77 bits per heavy atom. The van der Waals surface area contributed by atoms with Gasteiger partial charge in [0.15, 0.2) is 0 Å². The molecule has 1 aliphatic rings. The first-order valence-corrected chi connectivity index (χ1v) is 9.36. The van der Waals surface area contributed by atoms with Crippen molar-refractivity contribution in [3.8, 4) is 0 Å². The van der Waals surface area contributed by atoms with E-state index in [9.17, 15) is 14.7 Å². The van der Waals surface area contributed by atoms with Crippen LogP contribution in [0.1, 0.15) is 43.1 Å². The second-order valence-electron chi connectivity index (χ2n) is 6.93. The zero-order valence-electron chi connectivity index (χ0n) is 14.8. The predicted molar refractivity (Wildman–Crippen MR) is 101 cm³/mol. The van der Waals surface area contributed by atoms with Crippen LogP contribution >= 0.6 is 11.6 Å². The lowest BCUT2D eigenvalue weighted by Gasteiger charge is -2.30. The molecule has 0 saturated heterocycles. The van der Waals surface area contributed by atoms with Crippen LogP contribution in [0.3, 0.4) is 0 Å². The number of nitrogens with one attached hydrogen (secondary N) is 2. The number of aromatic nitrogens is 1. The monoisotopic (exact) mass is 377 g/mol. The van der Waals surface area contributed by atoms with Crippen LogP contribution in [0.5, 0.6) is 0 Å². The predicted octanol–water partition coefficient (Wildman–Crippen LogP) is 2.70. The van der Waals surface area contributed by atoms with E-state index in [1.54, 1.807) is 30.0 Å². The first-order valence-electron chi connectivity index (χ1n) is 8.98. The Morgan fingerprint density at radius 1 is 1.35 bits per heavy atom. The highest BCUT2D eigenvalue weighted by Crippen LogP contribution is 2.24. The van der Waals surface area contributed by atoms with Crippen LogP contribution < -0.4 is 5.32 Å². The average molecular weight is 378 g/mol. The number of halogens is 1.